The first-order valence-electron chi connectivity index (χ1n) is 7.02. The van der Waals surface area contributed by atoms with Crippen LogP contribution >= 0.6 is 0 Å². The highest BCUT2D eigenvalue weighted by Gasteiger charge is 2.47. The first-order chi connectivity index (χ1) is 9.30. The quantitative estimate of drug-likeness (QED) is 0.785. The fourth-order valence-corrected chi connectivity index (χ4v) is 3.01. The second kappa shape index (κ2) is 5.76. The summed E-state index contributed by atoms with van der Waals surface area (Å²) in [7, 11) is 0. The van der Waals surface area contributed by atoms with Crippen LogP contribution in [-0.4, -0.2) is 29.3 Å². The number of carbonyl (C=O) groups is 1. The lowest BCUT2D eigenvalue weighted by Crippen LogP contribution is -2.49. The Labute approximate surface area is 116 Å². The molecule has 1 amide bonds. The van der Waals surface area contributed by atoms with Gasteiger partial charge in [-0.05, 0) is 38.5 Å². The number of hydrogen-bond acceptors (Lipinski definition) is 2. The van der Waals surface area contributed by atoms with Crippen LogP contribution in [0.4, 0.5) is 13.2 Å². The Morgan fingerprint density at radius 1 is 1.35 bits per heavy atom. The zero-order valence-corrected chi connectivity index (χ0v) is 11.2. The van der Waals surface area contributed by atoms with Crippen LogP contribution in [0.15, 0.2) is 12.2 Å². The summed E-state index contributed by atoms with van der Waals surface area (Å²) in [6, 6.07) is 0. The molecule has 1 fully saturated rings. The van der Waals surface area contributed by atoms with Crippen LogP contribution in [0.25, 0.3) is 0 Å². The average molecular weight is 291 g/mol. The Kier molecular flexibility index (Phi) is 4.42. The molecular formula is C14H20F3NO2. The van der Waals surface area contributed by atoms with Crippen molar-refractivity contribution in [2.45, 2.75) is 50.3 Å². The molecule has 0 heterocycles. The molecule has 0 bridgehead atoms. The molecule has 0 radical (unpaired) electrons. The van der Waals surface area contributed by atoms with Gasteiger partial charge in [-0.1, -0.05) is 12.2 Å². The number of alkyl halides is 3. The molecule has 0 aromatic rings. The molecule has 0 unspecified atom stereocenters. The summed E-state index contributed by atoms with van der Waals surface area (Å²) in [6.07, 6.45) is 1.27. The van der Waals surface area contributed by atoms with Crippen LogP contribution in [0, 0.1) is 11.8 Å². The van der Waals surface area contributed by atoms with E-state index in [2.05, 4.69) is 5.32 Å². The van der Waals surface area contributed by atoms with Crippen LogP contribution < -0.4 is 5.32 Å². The van der Waals surface area contributed by atoms with E-state index < -0.39 is 17.7 Å². The number of amides is 1. The van der Waals surface area contributed by atoms with Gasteiger partial charge in [-0.15, -0.1) is 0 Å². The van der Waals surface area contributed by atoms with Gasteiger partial charge in [0.05, 0.1) is 11.5 Å². The number of allylic oxidation sites excluding steroid dienone is 2. The lowest BCUT2D eigenvalue weighted by atomic mass is 9.77. The second-order valence-electron chi connectivity index (χ2n) is 5.92. The minimum Gasteiger partial charge on any atom is -0.388 e. The third-order valence-electron chi connectivity index (χ3n) is 4.25. The Bertz CT molecular complexity index is 386. The third-order valence-corrected chi connectivity index (χ3v) is 4.25. The molecule has 0 aromatic carbocycles. The van der Waals surface area contributed by atoms with E-state index in [4.69, 9.17) is 0 Å². The van der Waals surface area contributed by atoms with Gasteiger partial charge in [0, 0.05) is 12.5 Å². The highest BCUT2D eigenvalue weighted by Crippen LogP contribution is 2.41. The van der Waals surface area contributed by atoms with Crippen LogP contribution in [0.5, 0.6) is 0 Å². The molecule has 2 atom stereocenters. The Morgan fingerprint density at radius 3 is 2.60 bits per heavy atom. The predicted octanol–water partition coefficient (Wildman–Crippen LogP) is 2.55. The van der Waals surface area contributed by atoms with Crippen molar-refractivity contribution in [3.05, 3.63) is 12.2 Å². The number of hydrogen-bond donors (Lipinski definition) is 2. The summed E-state index contributed by atoms with van der Waals surface area (Å²) in [5.74, 6) is -1.79. The molecular weight excluding hydrogens is 271 g/mol. The maximum absolute atomic E-state index is 12.7. The first-order valence-corrected chi connectivity index (χ1v) is 7.02. The number of aliphatic hydroxyl groups is 1. The van der Waals surface area contributed by atoms with Crippen molar-refractivity contribution in [2.24, 2.45) is 11.8 Å². The van der Waals surface area contributed by atoms with E-state index in [0.717, 1.165) is 0 Å². The lowest BCUT2D eigenvalue weighted by Gasteiger charge is -2.37. The molecule has 3 nitrogen and oxygen atoms in total. The van der Waals surface area contributed by atoms with E-state index in [-0.39, 0.29) is 31.2 Å². The number of carbonyl (C=O) groups excluding carboxylic acids is 1. The lowest BCUT2D eigenvalue weighted by molar-refractivity contribution is -0.200. The molecule has 114 valence electrons. The fourth-order valence-electron chi connectivity index (χ4n) is 3.01. The molecule has 0 aliphatic heterocycles. The van der Waals surface area contributed by atoms with Gasteiger partial charge < -0.3 is 10.4 Å². The largest absolute Gasteiger partial charge is 0.391 e. The van der Waals surface area contributed by atoms with Crippen molar-refractivity contribution >= 4 is 5.91 Å². The van der Waals surface area contributed by atoms with Gasteiger partial charge in [-0.25, -0.2) is 0 Å². The Morgan fingerprint density at radius 2 is 2.00 bits per heavy atom. The molecule has 20 heavy (non-hydrogen) atoms. The topological polar surface area (TPSA) is 49.3 Å². The molecule has 2 N–H and O–H groups in total. The maximum Gasteiger partial charge on any atom is 0.391 e. The van der Waals surface area contributed by atoms with Gasteiger partial charge in [-0.3, -0.25) is 4.79 Å². The van der Waals surface area contributed by atoms with Gasteiger partial charge in [0.25, 0.3) is 0 Å². The van der Waals surface area contributed by atoms with Crippen LogP contribution in [0.1, 0.15) is 38.5 Å². The van der Waals surface area contributed by atoms with Gasteiger partial charge >= 0.3 is 6.18 Å². The summed E-state index contributed by atoms with van der Waals surface area (Å²) in [6.45, 7) is -0.0884. The number of nitrogens with one attached hydrogen (secondary N) is 1. The zero-order chi connectivity index (χ0) is 14.8. The molecule has 6 heteroatoms. The van der Waals surface area contributed by atoms with E-state index >= 15 is 0 Å². The molecule has 2 aliphatic rings. The smallest absolute Gasteiger partial charge is 0.388 e. The molecule has 1 saturated carbocycles. The van der Waals surface area contributed by atoms with Crippen LogP contribution in [0.2, 0.25) is 0 Å². The molecule has 0 saturated heterocycles. The number of halogens is 3. The summed E-state index contributed by atoms with van der Waals surface area (Å²) in [5, 5.41) is 12.9. The first kappa shape index (κ1) is 15.4. The van der Waals surface area contributed by atoms with Gasteiger partial charge in [-0.2, -0.15) is 13.2 Å². The summed E-state index contributed by atoms with van der Waals surface area (Å²) in [5.41, 5.74) is -1.43. The van der Waals surface area contributed by atoms with Gasteiger partial charge in [0.1, 0.15) is 0 Å². The van der Waals surface area contributed by atoms with Crippen molar-refractivity contribution in [3.63, 3.8) is 0 Å². The fraction of sp³-hybridized carbons (Fsp3) is 0.786. The van der Waals surface area contributed by atoms with Crippen LogP contribution in [-0.2, 0) is 4.79 Å². The van der Waals surface area contributed by atoms with Crippen molar-refractivity contribution in [1.29, 1.82) is 0 Å². The third kappa shape index (κ3) is 3.75. The minimum atomic E-state index is -4.27. The van der Waals surface area contributed by atoms with E-state index in [1.54, 1.807) is 0 Å². The highest BCUT2D eigenvalue weighted by atomic mass is 19.4. The average Bonchev–Trinajstić information content (AvgIpc) is 2.89. The predicted molar refractivity (Wildman–Crippen MR) is 67.8 cm³/mol. The van der Waals surface area contributed by atoms with Crippen molar-refractivity contribution < 1.29 is 23.1 Å². The maximum atomic E-state index is 12.7. The molecule has 2 aliphatic carbocycles. The minimum absolute atomic E-state index is 0.0618. The Balaban J connectivity index is 1.85. The highest BCUT2D eigenvalue weighted by molar-refractivity contribution is 5.79. The zero-order valence-electron chi connectivity index (χ0n) is 11.2. The monoisotopic (exact) mass is 291 g/mol. The summed E-state index contributed by atoms with van der Waals surface area (Å²) < 4.78 is 38.2. The van der Waals surface area contributed by atoms with Crippen molar-refractivity contribution in [3.8, 4) is 0 Å². The van der Waals surface area contributed by atoms with E-state index in [1.807, 2.05) is 12.2 Å². The van der Waals surface area contributed by atoms with Gasteiger partial charge in [0.15, 0.2) is 0 Å². The molecule has 0 spiro atoms. The molecule has 0 aromatic heterocycles. The van der Waals surface area contributed by atoms with Crippen LogP contribution in [0.3, 0.4) is 0 Å². The van der Waals surface area contributed by atoms with Gasteiger partial charge in [0.2, 0.25) is 5.91 Å². The van der Waals surface area contributed by atoms with E-state index in [1.165, 1.54) is 0 Å². The summed E-state index contributed by atoms with van der Waals surface area (Å²) in [4.78, 5) is 11.8. The van der Waals surface area contributed by atoms with Crippen molar-refractivity contribution in [1.82, 2.24) is 5.32 Å². The van der Waals surface area contributed by atoms with E-state index in [0.29, 0.717) is 25.7 Å². The Hall–Kier alpha value is -1.04. The van der Waals surface area contributed by atoms with E-state index in [9.17, 15) is 23.1 Å². The summed E-state index contributed by atoms with van der Waals surface area (Å²) >= 11 is 0. The number of rotatable bonds is 3. The van der Waals surface area contributed by atoms with Crippen molar-refractivity contribution in [2.75, 3.05) is 6.54 Å². The normalized spacial score (nSPS) is 31.5. The SMILES string of the molecule is O=C(NC[C@@]1(O)CCC[C@@H](C(F)(F)F)C1)C1CC=CC1. The standard InChI is InChI=1S/C14H20F3NO2/c15-14(16,17)11-6-3-7-13(20,8-11)9-18-12(19)10-4-1-2-5-10/h1-2,10-11,20H,3-9H2,(H,18,19)/t11-,13-/m1/s1. The molecule has 2 rings (SSSR count). The second-order valence-corrected chi connectivity index (χ2v) is 5.92.